The molecule has 0 amide bonds. The highest BCUT2D eigenvalue weighted by Crippen LogP contribution is 2.37. The van der Waals surface area contributed by atoms with Crippen LogP contribution in [-0.2, 0) is 4.74 Å². The first-order valence-electron chi connectivity index (χ1n) is 11.3. The summed E-state index contributed by atoms with van der Waals surface area (Å²) in [5.41, 5.74) is 2.25. The quantitative estimate of drug-likeness (QED) is 0.692. The van der Waals surface area contributed by atoms with Gasteiger partial charge in [-0.1, -0.05) is 30.3 Å². The number of rotatable bonds is 4. The van der Waals surface area contributed by atoms with E-state index in [1.54, 1.807) is 0 Å². The number of pyridine rings is 1. The van der Waals surface area contributed by atoms with Crippen LogP contribution in [0.5, 0.6) is 5.88 Å². The van der Waals surface area contributed by atoms with Crippen molar-refractivity contribution in [3.05, 3.63) is 48.0 Å². The zero-order chi connectivity index (χ0) is 21.1. The summed E-state index contributed by atoms with van der Waals surface area (Å²) in [4.78, 5) is 9.88. The molecule has 2 aromatic rings. The summed E-state index contributed by atoms with van der Waals surface area (Å²) in [5, 5.41) is 0. The smallest absolute Gasteiger partial charge is 0.217 e. The fourth-order valence-electron chi connectivity index (χ4n) is 4.50. The van der Waals surface area contributed by atoms with Gasteiger partial charge in [0.15, 0.2) is 0 Å². The van der Waals surface area contributed by atoms with Gasteiger partial charge in [0, 0.05) is 37.0 Å². The molecule has 2 aliphatic rings. The summed E-state index contributed by atoms with van der Waals surface area (Å²) in [6, 6.07) is 15.9. The third-order valence-electron chi connectivity index (χ3n) is 5.86. The third-order valence-corrected chi connectivity index (χ3v) is 5.86. The van der Waals surface area contributed by atoms with Crippen molar-refractivity contribution in [1.82, 2.24) is 4.98 Å². The van der Waals surface area contributed by atoms with E-state index in [1.165, 1.54) is 24.1 Å². The summed E-state index contributed by atoms with van der Waals surface area (Å²) in [6.07, 6.45) is 3.60. The molecule has 5 heteroatoms. The molecule has 2 saturated heterocycles. The Hall–Kier alpha value is -2.27. The molecule has 5 nitrogen and oxygen atoms in total. The maximum Gasteiger partial charge on any atom is 0.217 e. The number of benzene rings is 1. The highest BCUT2D eigenvalue weighted by atomic mass is 16.5. The first kappa shape index (κ1) is 21.0. The number of morpholine rings is 1. The van der Waals surface area contributed by atoms with Crippen LogP contribution in [-0.4, -0.2) is 42.9 Å². The van der Waals surface area contributed by atoms with Crippen molar-refractivity contribution in [3.8, 4) is 5.88 Å². The van der Waals surface area contributed by atoms with Gasteiger partial charge in [0.05, 0.1) is 19.3 Å². The molecule has 2 aliphatic heterocycles. The Kier molecular flexibility index (Phi) is 6.19. The number of nitrogens with zero attached hydrogens (tertiary/aromatic N) is 3. The van der Waals surface area contributed by atoms with Crippen LogP contribution in [0.1, 0.15) is 58.6 Å². The topological polar surface area (TPSA) is 37.8 Å². The van der Waals surface area contributed by atoms with Crippen LogP contribution in [0.15, 0.2) is 42.5 Å². The molecule has 2 fully saturated rings. The second-order valence-corrected chi connectivity index (χ2v) is 9.47. The third kappa shape index (κ3) is 4.89. The van der Waals surface area contributed by atoms with E-state index >= 15 is 0 Å². The highest BCUT2D eigenvalue weighted by molar-refractivity contribution is 5.60. The average Bonchev–Trinajstić information content (AvgIpc) is 2.73. The van der Waals surface area contributed by atoms with Gasteiger partial charge in [-0.15, -0.1) is 0 Å². The average molecular weight is 410 g/mol. The second kappa shape index (κ2) is 8.84. The number of hydrogen-bond acceptors (Lipinski definition) is 5. The molecule has 1 aromatic carbocycles. The zero-order valence-electron chi connectivity index (χ0n) is 18.8. The van der Waals surface area contributed by atoms with E-state index in [1.807, 2.05) is 0 Å². The van der Waals surface area contributed by atoms with Crippen LogP contribution < -0.4 is 14.5 Å². The SMILES string of the molecule is C[C@@H]1COCCN1c1cc(OC(C)(C)C)nc(N2CCCC[C@@H]2c2ccccc2)c1. The van der Waals surface area contributed by atoms with Gasteiger partial charge in [0.1, 0.15) is 11.4 Å². The van der Waals surface area contributed by atoms with E-state index in [0.717, 1.165) is 38.5 Å². The molecule has 0 N–H and O–H groups in total. The minimum absolute atomic E-state index is 0.291. The van der Waals surface area contributed by atoms with Gasteiger partial charge in [-0.05, 0) is 52.5 Å². The summed E-state index contributed by atoms with van der Waals surface area (Å²) < 4.78 is 11.9. The second-order valence-electron chi connectivity index (χ2n) is 9.47. The Balaban J connectivity index is 1.73. The molecule has 0 radical (unpaired) electrons. The number of anilines is 2. The van der Waals surface area contributed by atoms with Gasteiger partial charge in [0.25, 0.3) is 0 Å². The van der Waals surface area contributed by atoms with Gasteiger partial charge in [-0.2, -0.15) is 4.98 Å². The Morgan fingerprint density at radius 3 is 2.57 bits per heavy atom. The Morgan fingerprint density at radius 1 is 1.03 bits per heavy atom. The molecule has 30 heavy (non-hydrogen) atoms. The molecular weight excluding hydrogens is 374 g/mol. The molecule has 0 unspecified atom stereocenters. The van der Waals surface area contributed by atoms with Crippen molar-refractivity contribution in [2.24, 2.45) is 0 Å². The lowest BCUT2D eigenvalue weighted by Gasteiger charge is -2.39. The van der Waals surface area contributed by atoms with E-state index in [0.29, 0.717) is 18.0 Å². The zero-order valence-corrected chi connectivity index (χ0v) is 18.8. The highest BCUT2D eigenvalue weighted by Gasteiger charge is 2.28. The van der Waals surface area contributed by atoms with E-state index in [-0.39, 0.29) is 5.60 Å². The van der Waals surface area contributed by atoms with Crippen molar-refractivity contribution in [2.45, 2.75) is 64.6 Å². The normalized spacial score (nSPS) is 22.8. The van der Waals surface area contributed by atoms with Gasteiger partial charge in [-0.25, -0.2) is 0 Å². The van der Waals surface area contributed by atoms with Gasteiger partial charge in [0.2, 0.25) is 5.88 Å². The fraction of sp³-hybridized carbons (Fsp3) is 0.560. The number of piperidine rings is 1. The van der Waals surface area contributed by atoms with Crippen molar-refractivity contribution in [1.29, 1.82) is 0 Å². The number of ether oxygens (including phenoxy) is 2. The molecule has 2 atom stereocenters. The molecule has 0 bridgehead atoms. The van der Waals surface area contributed by atoms with E-state index in [9.17, 15) is 0 Å². The summed E-state index contributed by atoms with van der Waals surface area (Å²) in [5.74, 6) is 1.71. The van der Waals surface area contributed by atoms with Crippen LogP contribution in [0, 0.1) is 0 Å². The predicted octanol–water partition coefficient (Wildman–Crippen LogP) is 5.22. The maximum atomic E-state index is 6.25. The van der Waals surface area contributed by atoms with Gasteiger partial charge >= 0.3 is 0 Å². The van der Waals surface area contributed by atoms with Crippen LogP contribution >= 0.6 is 0 Å². The van der Waals surface area contributed by atoms with Crippen molar-refractivity contribution < 1.29 is 9.47 Å². The maximum absolute atomic E-state index is 6.25. The van der Waals surface area contributed by atoms with Crippen molar-refractivity contribution in [2.75, 3.05) is 36.1 Å². The largest absolute Gasteiger partial charge is 0.472 e. The standard InChI is InChI=1S/C25H35N3O2/c1-19-18-29-15-14-27(19)21-16-23(26-24(17-21)30-25(2,3)4)28-13-9-8-12-22(28)20-10-6-5-7-11-20/h5-7,10-11,16-17,19,22H,8-9,12-15,18H2,1-4H3/t19-,22-/m1/s1. The lowest BCUT2D eigenvalue weighted by atomic mass is 9.95. The minimum Gasteiger partial charge on any atom is -0.472 e. The fourth-order valence-corrected chi connectivity index (χ4v) is 4.50. The molecule has 0 saturated carbocycles. The van der Waals surface area contributed by atoms with E-state index in [2.05, 4.69) is 80.0 Å². The lowest BCUT2D eigenvalue weighted by molar-refractivity contribution is 0.0986. The first-order chi connectivity index (χ1) is 14.4. The van der Waals surface area contributed by atoms with Crippen molar-refractivity contribution in [3.63, 3.8) is 0 Å². The van der Waals surface area contributed by atoms with Crippen LogP contribution in [0.2, 0.25) is 0 Å². The Labute approximate surface area is 181 Å². The molecule has 0 spiro atoms. The summed E-state index contributed by atoms with van der Waals surface area (Å²) in [7, 11) is 0. The molecule has 162 valence electrons. The van der Waals surface area contributed by atoms with E-state index in [4.69, 9.17) is 14.5 Å². The molecule has 1 aromatic heterocycles. The van der Waals surface area contributed by atoms with Gasteiger partial charge < -0.3 is 19.3 Å². The lowest BCUT2D eigenvalue weighted by Crippen LogP contribution is -2.44. The number of hydrogen-bond donors (Lipinski definition) is 0. The van der Waals surface area contributed by atoms with Crippen LogP contribution in [0.3, 0.4) is 0 Å². The van der Waals surface area contributed by atoms with Crippen LogP contribution in [0.4, 0.5) is 11.5 Å². The summed E-state index contributed by atoms with van der Waals surface area (Å²) in [6.45, 7) is 11.9. The van der Waals surface area contributed by atoms with Crippen LogP contribution in [0.25, 0.3) is 0 Å². The Morgan fingerprint density at radius 2 is 1.83 bits per heavy atom. The molecular formula is C25H35N3O2. The minimum atomic E-state index is -0.291. The van der Waals surface area contributed by atoms with Crippen molar-refractivity contribution >= 4 is 11.5 Å². The molecule has 3 heterocycles. The first-order valence-corrected chi connectivity index (χ1v) is 11.3. The number of aromatic nitrogens is 1. The summed E-state index contributed by atoms with van der Waals surface area (Å²) >= 11 is 0. The van der Waals surface area contributed by atoms with E-state index < -0.39 is 0 Å². The Bertz CT molecular complexity index is 834. The molecule has 4 rings (SSSR count). The molecule has 0 aliphatic carbocycles. The van der Waals surface area contributed by atoms with Gasteiger partial charge in [-0.3, -0.25) is 0 Å². The monoisotopic (exact) mass is 409 g/mol. The predicted molar refractivity (Wildman–Crippen MR) is 123 cm³/mol.